The molecule has 5 heteroatoms. The summed E-state index contributed by atoms with van der Waals surface area (Å²) >= 11 is 3.38. The summed E-state index contributed by atoms with van der Waals surface area (Å²) in [5.41, 5.74) is 1.39. The highest BCUT2D eigenvalue weighted by atomic mass is 79.9. The Morgan fingerprint density at radius 3 is 2.53 bits per heavy atom. The van der Waals surface area contributed by atoms with Gasteiger partial charge >= 0.3 is 0 Å². The Morgan fingerprint density at radius 1 is 1.29 bits per heavy atom. The third kappa shape index (κ3) is 1.99. The van der Waals surface area contributed by atoms with Crippen LogP contribution in [0.1, 0.15) is 23.2 Å². The van der Waals surface area contributed by atoms with Gasteiger partial charge in [0.05, 0.1) is 11.2 Å². The van der Waals surface area contributed by atoms with E-state index in [1.807, 2.05) is 6.92 Å². The fourth-order valence-electron chi connectivity index (χ4n) is 1.90. The Kier molecular flexibility index (Phi) is 3.03. The van der Waals surface area contributed by atoms with Crippen molar-refractivity contribution in [2.45, 2.75) is 20.3 Å². The van der Waals surface area contributed by atoms with Crippen LogP contribution in [0.15, 0.2) is 21.4 Å². The first-order chi connectivity index (χ1) is 7.91. The van der Waals surface area contributed by atoms with Gasteiger partial charge < -0.3 is 4.98 Å². The number of aromatic amines is 1. The van der Waals surface area contributed by atoms with E-state index in [0.717, 1.165) is 21.7 Å². The Hall–Kier alpha value is -1.23. The van der Waals surface area contributed by atoms with Crippen LogP contribution in [0.3, 0.4) is 0 Å². The molecule has 0 atom stereocenters. The molecule has 0 bridgehead atoms. The molecule has 1 aromatic heterocycles. The van der Waals surface area contributed by atoms with E-state index >= 15 is 0 Å². The van der Waals surface area contributed by atoms with Gasteiger partial charge in [-0.1, -0.05) is 15.9 Å². The maximum atomic E-state index is 12.6. The molecule has 0 saturated carbocycles. The van der Waals surface area contributed by atoms with Crippen molar-refractivity contribution in [2.24, 2.45) is 0 Å². The third-order valence-electron chi connectivity index (χ3n) is 2.73. The zero-order chi connectivity index (χ0) is 12.7. The number of hydrogen-bond donors (Lipinski definition) is 1. The van der Waals surface area contributed by atoms with Crippen LogP contribution in [0.25, 0.3) is 10.9 Å². The van der Waals surface area contributed by atoms with Gasteiger partial charge in [0.1, 0.15) is 0 Å². The van der Waals surface area contributed by atoms with Crippen molar-refractivity contribution in [3.05, 3.63) is 43.6 Å². The van der Waals surface area contributed by atoms with Gasteiger partial charge in [-0.15, -0.1) is 0 Å². The second-order valence-electron chi connectivity index (χ2n) is 3.94. The van der Waals surface area contributed by atoms with Crippen molar-refractivity contribution in [2.75, 3.05) is 0 Å². The number of rotatable bonds is 1. The summed E-state index contributed by atoms with van der Waals surface area (Å²) in [7, 11) is 0. The van der Waals surface area contributed by atoms with Crippen LogP contribution in [0.2, 0.25) is 0 Å². The largest absolute Gasteiger partial charge is 0.354 e. The predicted molar refractivity (Wildman–Crippen MR) is 66.7 cm³/mol. The maximum absolute atomic E-state index is 12.6. The van der Waals surface area contributed by atoms with Gasteiger partial charge in [-0.05, 0) is 31.0 Å². The average molecular weight is 302 g/mol. The molecule has 2 aromatic rings. The van der Waals surface area contributed by atoms with Gasteiger partial charge in [-0.25, -0.2) is 8.78 Å². The van der Waals surface area contributed by atoms with Crippen LogP contribution >= 0.6 is 15.9 Å². The number of hydrogen-bond acceptors (Lipinski definition) is 1. The van der Waals surface area contributed by atoms with Crippen LogP contribution in [0, 0.1) is 13.8 Å². The van der Waals surface area contributed by atoms with Gasteiger partial charge in [0, 0.05) is 15.9 Å². The molecule has 0 aliphatic heterocycles. The molecule has 0 radical (unpaired) electrons. The molecule has 0 fully saturated rings. The molecule has 0 unspecified atom stereocenters. The van der Waals surface area contributed by atoms with Crippen molar-refractivity contribution < 1.29 is 8.78 Å². The number of pyridine rings is 1. The SMILES string of the molecule is Cc1cc2[nH]c(C(F)F)cc(=O)c2c(C)c1Br. The highest BCUT2D eigenvalue weighted by Crippen LogP contribution is 2.27. The predicted octanol–water partition coefficient (Wildman–Crippen LogP) is 3.85. The zero-order valence-electron chi connectivity index (χ0n) is 9.27. The molecule has 0 aliphatic rings. The van der Waals surface area contributed by atoms with Crippen molar-refractivity contribution >= 4 is 26.8 Å². The summed E-state index contributed by atoms with van der Waals surface area (Å²) in [6, 6.07) is 2.65. The molecule has 2 nitrogen and oxygen atoms in total. The first-order valence-electron chi connectivity index (χ1n) is 5.02. The van der Waals surface area contributed by atoms with Gasteiger partial charge in [0.25, 0.3) is 6.43 Å². The molecule has 2 rings (SSSR count). The van der Waals surface area contributed by atoms with E-state index in [1.165, 1.54) is 0 Å². The quantitative estimate of drug-likeness (QED) is 0.853. The minimum absolute atomic E-state index is 0.344. The second-order valence-corrected chi connectivity index (χ2v) is 4.74. The first kappa shape index (κ1) is 12.2. The number of halogens is 3. The number of H-pyrrole nitrogens is 1. The molecule has 0 spiro atoms. The number of fused-ring (bicyclic) bond motifs is 1. The smallest absolute Gasteiger partial charge is 0.278 e. The molecule has 90 valence electrons. The number of nitrogens with one attached hydrogen (secondary N) is 1. The first-order valence-corrected chi connectivity index (χ1v) is 5.82. The Bertz CT molecular complexity index is 649. The molecular weight excluding hydrogens is 292 g/mol. The summed E-state index contributed by atoms with van der Waals surface area (Å²) in [5, 5.41) is 0.451. The average Bonchev–Trinajstić information content (AvgIpc) is 2.25. The van der Waals surface area contributed by atoms with Crippen molar-refractivity contribution in [3.63, 3.8) is 0 Å². The molecule has 0 amide bonds. The van der Waals surface area contributed by atoms with E-state index < -0.39 is 6.43 Å². The summed E-state index contributed by atoms with van der Waals surface area (Å²) in [6.45, 7) is 3.64. The Balaban J connectivity index is 2.92. The Labute approximate surface area is 105 Å². The molecule has 0 aliphatic carbocycles. The van der Waals surface area contributed by atoms with Crippen LogP contribution < -0.4 is 5.43 Å². The van der Waals surface area contributed by atoms with Crippen molar-refractivity contribution in [1.29, 1.82) is 0 Å². The number of alkyl halides is 2. The molecule has 1 heterocycles. The highest BCUT2D eigenvalue weighted by Gasteiger charge is 2.14. The van der Waals surface area contributed by atoms with E-state index in [-0.39, 0.29) is 11.1 Å². The fraction of sp³-hybridized carbons (Fsp3) is 0.250. The third-order valence-corrected chi connectivity index (χ3v) is 3.95. The lowest BCUT2D eigenvalue weighted by Crippen LogP contribution is -2.07. The maximum Gasteiger partial charge on any atom is 0.278 e. The van der Waals surface area contributed by atoms with E-state index in [1.54, 1.807) is 13.0 Å². The normalized spacial score (nSPS) is 11.4. The molecular formula is C12H10BrF2NO. The van der Waals surface area contributed by atoms with Gasteiger partial charge in [-0.3, -0.25) is 4.79 Å². The monoisotopic (exact) mass is 301 g/mol. The molecule has 0 saturated heterocycles. The summed E-state index contributed by atoms with van der Waals surface area (Å²) in [6.07, 6.45) is -2.67. The number of benzene rings is 1. The summed E-state index contributed by atoms with van der Waals surface area (Å²) in [5.74, 6) is 0. The number of aryl methyl sites for hydroxylation is 2. The van der Waals surface area contributed by atoms with Crippen molar-refractivity contribution in [1.82, 2.24) is 4.98 Å². The van der Waals surface area contributed by atoms with E-state index in [2.05, 4.69) is 20.9 Å². The van der Waals surface area contributed by atoms with Crippen molar-refractivity contribution in [3.8, 4) is 0 Å². The lowest BCUT2D eigenvalue weighted by atomic mass is 10.1. The zero-order valence-corrected chi connectivity index (χ0v) is 10.9. The van der Waals surface area contributed by atoms with Crippen LogP contribution in [-0.2, 0) is 0 Å². The van der Waals surface area contributed by atoms with Gasteiger partial charge in [0.15, 0.2) is 5.43 Å². The molecule has 1 N–H and O–H groups in total. The van der Waals surface area contributed by atoms with Crippen LogP contribution in [0.4, 0.5) is 8.78 Å². The Morgan fingerprint density at radius 2 is 1.94 bits per heavy atom. The lowest BCUT2D eigenvalue weighted by Gasteiger charge is -2.09. The molecule has 17 heavy (non-hydrogen) atoms. The van der Waals surface area contributed by atoms with Crippen LogP contribution in [0.5, 0.6) is 0 Å². The minimum Gasteiger partial charge on any atom is -0.354 e. The van der Waals surface area contributed by atoms with Crippen LogP contribution in [-0.4, -0.2) is 4.98 Å². The standard InChI is InChI=1S/C12H10BrF2NO/c1-5-3-7-10(6(2)11(5)13)9(17)4-8(16-7)12(14)15/h3-4,12H,1-2H3,(H,16,17). The highest BCUT2D eigenvalue weighted by molar-refractivity contribution is 9.10. The fourth-order valence-corrected chi connectivity index (χ4v) is 2.21. The van der Waals surface area contributed by atoms with E-state index in [4.69, 9.17) is 0 Å². The summed E-state index contributed by atoms with van der Waals surface area (Å²) in [4.78, 5) is 14.4. The lowest BCUT2D eigenvalue weighted by molar-refractivity contribution is 0.146. The van der Waals surface area contributed by atoms with E-state index in [9.17, 15) is 13.6 Å². The topological polar surface area (TPSA) is 32.9 Å². The molecule has 1 aromatic carbocycles. The van der Waals surface area contributed by atoms with Gasteiger partial charge in [-0.2, -0.15) is 0 Å². The second kappa shape index (κ2) is 4.22. The minimum atomic E-state index is -2.67. The van der Waals surface area contributed by atoms with Gasteiger partial charge in [0.2, 0.25) is 0 Å². The number of aromatic nitrogens is 1. The van der Waals surface area contributed by atoms with E-state index in [0.29, 0.717) is 10.9 Å². The summed E-state index contributed by atoms with van der Waals surface area (Å²) < 4.78 is 26.0.